The zero-order valence-corrected chi connectivity index (χ0v) is 17.4. The standard InChI is InChI=1S/C23H24O2S2/c1-17(26-21-13-9-19(24-2)10-14-21)23(18-7-5-4-6-8-18)27-22-15-11-20(25-3)12-16-22/h4-17,23H,1-3H3. The summed E-state index contributed by atoms with van der Waals surface area (Å²) in [7, 11) is 3.39. The molecule has 2 nitrogen and oxygen atoms in total. The van der Waals surface area contributed by atoms with Gasteiger partial charge in [-0.15, -0.1) is 23.5 Å². The summed E-state index contributed by atoms with van der Waals surface area (Å²) in [5.74, 6) is 1.77. The van der Waals surface area contributed by atoms with Crippen LogP contribution in [-0.2, 0) is 0 Å². The van der Waals surface area contributed by atoms with Crippen LogP contribution in [-0.4, -0.2) is 19.5 Å². The number of benzene rings is 3. The Morgan fingerprint density at radius 1 is 0.630 bits per heavy atom. The Kier molecular flexibility index (Phi) is 7.13. The van der Waals surface area contributed by atoms with E-state index in [1.54, 1.807) is 14.2 Å². The van der Waals surface area contributed by atoms with Crippen LogP contribution in [0.15, 0.2) is 88.7 Å². The minimum Gasteiger partial charge on any atom is -0.497 e. The van der Waals surface area contributed by atoms with E-state index in [0.717, 1.165) is 11.5 Å². The number of thioether (sulfide) groups is 2. The number of hydrogen-bond donors (Lipinski definition) is 0. The van der Waals surface area contributed by atoms with Crippen LogP contribution in [0.1, 0.15) is 17.7 Å². The van der Waals surface area contributed by atoms with E-state index in [4.69, 9.17) is 9.47 Å². The highest BCUT2D eigenvalue weighted by Gasteiger charge is 2.22. The van der Waals surface area contributed by atoms with Gasteiger partial charge in [0.15, 0.2) is 0 Å². The molecule has 0 aliphatic carbocycles. The van der Waals surface area contributed by atoms with Gasteiger partial charge < -0.3 is 9.47 Å². The molecule has 0 radical (unpaired) electrons. The summed E-state index contributed by atoms with van der Waals surface area (Å²) < 4.78 is 10.5. The average molecular weight is 397 g/mol. The maximum atomic E-state index is 5.28. The van der Waals surface area contributed by atoms with Gasteiger partial charge in [0.1, 0.15) is 11.5 Å². The van der Waals surface area contributed by atoms with Crippen LogP contribution in [0.2, 0.25) is 0 Å². The Bertz CT molecular complexity index is 817. The Balaban J connectivity index is 1.79. The lowest BCUT2D eigenvalue weighted by atomic mass is 10.1. The molecule has 0 aliphatic rings. The largest absolute Gasteiger partial charge is 0.497 e. The van der Waals surface area contributed by atoms with Crippen molar-refractivity contribution in [1.29, 1.82) is 0 Å². The van der Waals surface area contributed by atoms with Crippen LogP contribution in [0.3, 0.4) is 0 Å². The predicted octanol–water partition coefficient (Wildman–Crippen LogP) is 6.72. The third-order valence-corrected chi connectivity index (χ3v) is 7.10. The third kappa shape index (κ3) is 5.47. The van der Waals surface area contributed by atoms with E-state index in [0.29, 0.717) is 10.5 Å². The fourth-order valence-corrected chi connectivity index (χ4v) is 5.22. The molecule has 0 bridgehead atoms. The molecule has 0 fully saturated rings. The molecule has 2 unspecified atom stereocenters. The summed E-state index contributed by atoms with van der Waals surface area (Å²) >= 11 is 3.79. The van der Waals surface area contributed by atoms with Crippen molar-refractivity contribution in [3.8, 4) is 11.5 Å². The van der Waals surface area contributed by atoms with E-state index in [2.05, 4.69) is 61.5 Å². The molecule has 2 atom stereocenters. The fraction of sp³-hybridized carbons (Fsp3) is 0.217. The molecule has 0 saturated carbocycles. The van der Waals surface area contributed by atoms with Crippen molar-refractivity contribution < 1.29 is 9.47 Å². The van der Waals surface area contributed by atoms with E-state index in [-0.39, 0.29) is 0 Å². The molecule has 0 aromatic heterocycles. The second kappa shape index (κ2) is 9.77. The first-order valence-electron chi connectivity index (χ1n) is 8.86. The lowest BCUT2D eigenvalue weighted by molar-refractivity contribution is 0.414. The Morgan fingerprint density at radius 3 is 1.59 bits per heavy atom. The number of rotatable bonds is 8. The molecule has 4 heteroatoms. The molecule has 0 N–H and O–H groups in total. The van der Waals surface area contributed by atoms with Crippen LogP contribution in [0.5, 0.6) is 11.5 Å². The molecule has 0 aliphatic heterocycles. The zero-order chi connectivity index (χ0) is 19.1. The van der Waals surface area contributed by atoms with Crippen molar-refractivity contribution in [3.63, 3.8) is 0 Å². The smallest absolute Gasteiger partial charge is 0.118 e. The second-order valence-electron chi connectivity index (χ2n) is 6.12. The van der Waals surface area contributed by atoms with E-state index in [1.807, 2.05) is 47.8 Å². The van der Waals surface area contributed by atoms with Gasteiger partial charge in [-0.05, 0) is 54.1 Å². The van der Waals surface area contributed by atoms with Gasteiger partial charge in [0.2, 0.25) is 0 Å². The van der Waals surface area contributed by atoms with Gasteiger partial charge >= 0.3 is 0 Å². The van der Waals surface area contributed by atoms with Gasteiger partial charge in [-0.1, -0.05) is 37.3 Å². The highest BCUT2D eigenvalue weighted by atomic mass is 32.2. The molecule has 3 rings (SSSR count). The van der Waals surface area contributed by atoms with Crippen molar-refractivity contribution in [2.45, 2.75) is 27.2 Å². The van der Waals surface area contributed by atoms with Gasteiger partial charge in [-0.25, -0.2) is 0 Å². The predicted molar refractivity (Wildman–Crippen MR) is 116 cm³/mol. The van der Waals surface area contributed by atoms with E-state index < -0.39 is 0 Å². The van der Waals surface area contributed by atoms with Crippen molar-refractivity contribution >= 4 is 23.5 Å². The van der Waals surface area contributed by atoms with Crippen molar-refractivity contribution in [2.24, 2.45) is 0 Å². The third-order valence-electron chi connectivity index (χ3n) is 4.26. The second-order valence-corrected chi connectivity index (χ2v) is 8.79. The molecule has 140 valence electrons. The Morgan fingerprint density at radius 2 is 1.11 bits per heavy atom. The van der Waals surface area contributed by atoms with Crippen molar-refractivity contribution in [1.82, 2.24) is 0 Å². The summed E-state index contributed by atoms with van der Waals surface area (Å²) in [6, 6.07) is 27.3. The van der Waals surface area contributed by atoms with Crippen LogP contribution in [0.25, 0.3) is 0 Å². The molecule has 27 heavy (non-hydrogen) atoms. The first-order chi connectivity index (χ1) is 13.2. The summed E-state index contributed by atoms with van der Waals surface area (Å²) in [6.45, 7) is 2.29. The first kappa shape index (κ1) is 19.7. The van der Waals surface area contributed by atoms with E-state index in [1.165, 1.54) is 15.4 Å². The quantitative estimate of drug-likeness (QED) is 0.393. The Labute approximate surface area is 170 Å². The highest BCUT2D eigenvalue weighted by molar-refractivity contribution is 8.03. The van der Waals surface area contributed by atoms with Gasteiger partial charge in [0, 0.05) is 20.3 Å². The normalized spacial score (nSPS) is 13.0. The molecule has 0 heterocycles. The molecule has 3 aromatic rings. The fourth-order valence-electron chi connectivity index (χ4n) is 2.81. The lowest BCUT2D eigenvalue weighted by Crippen LogP contribution is -2.08. The molecule has 0 saturated heterocycles. The van der Waals surface area contributed by atoms with Gasteiger partial charge in [-0.2, -0.15) is 0 Å². The maximum absolute atomic E-state index is 5.28. The zero-order valence-electron chi connectivity index (χ0n) is 15.8. The number of ether oxygens (including phenoxy) is 2. The highest BCUT2D eigenvalue weighted by Crippen LogP contribution is 2.44. The van der Waals surface area contributed by atoms with Crippen molar-refractivity contribution in [3.05, 3.63) is 84.4 Å². The minimum absolute atomic E-state index is 0.340. The van der Waals surface area contributed by atoms with Crippen molar-refractivity contribution in [2.75, 3.05) is 14.2 Å². The first-order valence-corrected chi connectivity index (χ1v) is 10.6. The minimum atomic E-state index is 0.340. The number of hydrogen-bond acceptors (Lipinski definition) is 4. The topological polar surface area (TPSA) is 18.5 Å². The Hall–Kier alpha value is -2.04. The average Bonchev–Trinajstić information content (AvgIpc) is 2.73. The molecular weight excluding hydrogens is 372 g/mol. The van der Waals surface area contributed by atoms with Crippen LogP contribution >= 0.6 is 23.5 Å². The summed E-state index contributed by atoms with van der Waals surface area (Å²) in [5.41, 5.74) is 1.34. The summed E-state index contributed by atoms with van der Waals surface area (Å²) in [5, 5.41) is 0.736. The lowest BCUT2D eigenvalue weighted by Gasteiger charge is -2.24. The van der Waals surface area contributed by atoms with Gasteiger partial charge in [-0.3, -0.25) is 0 Å². The molecular formula is C23H24O2S2. The maximum Gasteiger partial charge on any atom is 0.118 e. The summed E-state index contributed by atoms with van der Waals surface area (Å²) in [4.78, 5) is 2.49. The molecule has 0 spiro atoms. The van der Waals surface area contributed by atoms with E-state index in [9.17, 15) is 0 Å². The molecule has 0 amide bonds. The van der Waals surface area contributed by atoms with Gasteiger partial charge in [0.25, 0.3) is 0 Å². The van der Waals surface area contributed by atoms with Crippen LogP contribution < -0.4 is 9.47 Å². The SMILES string of the molecule is COc1ccc(SC(C)C(Sc2ccc(OC)cc2)c2ccccc2)cc1. The molecule has 3 aromatic carbocycles. The monoisotopic (exact) mass is 396 g/mol. The van der Waals surface area contributed by atoms with Crippen LogP contribution in [0.4, 0.5) is 0 Å². The summed E-state index contributed by atoms with van der Waals surface area (Å²) in [6.07, 6.45) is 0. The van der Waals surface area contributed by atoms with Gasteiger partial charge in [0.05, 0.1) is 14.2 Å². The van der Waals surface area contributed by atoms with Crippen LogP contribution in [0, 0.1) is 0 Å². The van der Waals surface area contributed by atoms with E-state index >= 15 is 0 Å². The number of methoxy groups -OCH3 is 2.